The summed E-state index contributed by atoms with van der Waals surface area (Å²) in [6, 6.07) is 12.3. The first kappa shape index (κ1) is 15.2. The van der Waals surface area contributed by atoms with E-state index in [0.29, 0.717) is 27.8 Å². The predicted octanol–water partition coefficient (Wildman–Crippen LogP) is 3.15. The van der Waals surface area contributed by atoms with E-state index in [1.54, 1.807) is 37.4 Å². The van der Waals surface area contributed by atoms with Crippen LogP contribution >= 0.6 is 11.6 Å². The maximum atomic E-state index is 12.5. The molecule has 1 heterocycles. The van der Waals surface area contributed by atoms with Gasteiger partial charge in [0.15, 0.2) is 11.5 Å². The number of fused-ring (bicyclic) bond motifs is 1. The summed E-state index contributed by atoms with van der Waals surface area (Å²) in [5.74, 6) is 1.16. The molecule has 0 unspecified atom stereocenters. The Morgan fingerprint density at radius 3 is 2.83 bits per heavy atom. The predicted molar refractivity (Wildman–Crippen MR) is 85.8 cm³/mol. The van der Waals surface area contributed by atoms with Gasteiger partial charge in [0.25, 0.3) is 0 Å². The molecule has 0 atom stereocenters. The Morgan fingerprint density at radius 2 is 2.04 bits per heavy atom. The summed E-state index contributed by atoms with van der Waals surface area (Å²) in [5.41, 5.74) is 1.70. The number of ether oxygens (including phenoxy) is 2. The third-order valence-electron chi connectivity index (χ3n) is 3.61. The van der Waals surface area contributed by atoms with Crippen molar-refractivity contribution in [2.45, 2.75) is 6.42 Å². The number of halogens is 1. The third kappa shape index (κ3) is 3.08. The standard InChI is InChI=1S/C17H13ClN2O3/c1-20(14-8-13(18)4-3-12(14)9-19)17(21)7-11-2-5-15-16(6-11)23-10-22-15/h2-6,8H,7,10H2,1H3. The molecule has 1 aliphatic rings. The minimum atomic E-state index is -0.150. The number of carbonyl (C=O) groups excluding carboxylic acids is 1. The maximum Gasteiger partial charge on any atom is 0.231 e. The summed E-state index contributed by atoms with van der Waals surface area (Å²) in [5, 5.41) is 9.65. The second-order valence-corrected chi connectivity index (χ2v) is 5.53. The molecule has 3 rings (SSSR count). The van der Waals surface area contributed by atoms with E-state index in [4.69, 9.17) is 21.1 Å². The second kappa shape index (κ2) is 6.19. The van der Waals surface area contributed by atoms with Gasteiger partial charge >= 0.3 is 0 Å². The Morgan fingerprint density at radius 1 is 1.26 bits per heavy atom. The second-order valence-electron chi connectivity index (χ2n) is 5.09. The molecule has 23 heavy (non-hydrogen) atoms. The number of nitrogens with zero attached hydrogens (tertiary/aromatic N) is 2. The number of likely N-dealkylation sites (N-methyl/N-ethyl adjacent to an activating group) is 1. The van der Waals surface area contributed by atoms with E-state index in [9.17, 15) is 10.1 Å². The van der Waals surface area contributed by atoms with Crippen molar-refractivity contribution >= 4 is 23.2 Å². The summed E-state index contributed by atoms with van der Waals surface area (Å²) < 4.78 is 10.6. The van der Waals surface area contributed by atoms with Gasteiger partial charge in [-0.2, -0.15) is 5.26 Å². The quantitative estimate of drug-likeness (QED) is 0.868. The summed E-state index contributed by atoms with van der Waals surface area (Å²) in [4.78, 5) is 13.9. The van der Waals surface area contributed by atoms with Crippen LogP contribution in [0.1, 0.15) is 11.1 Å². The van der Waals surface area contributed by atoms with Crippen molar-refractivity contribution in [2.24, 2.45) is 0 Å². The Kier molecular flexibility index (Phi) is 4.09. The number of amides is 1. The molecule has 2 aromatic carbocycles. The van der Waals surface area contributed by atoms with Crippen LogP contribution in [0.4, 0.5) is 5.69 Å². The Hall–Kier alpha value is -2.71. The van der Waals surface area contributed by atoms with Crippen LogP contribution in [-0.4, -0.2) is 19.7 Å². The average molecular weight is 329 g/mol. The highest BCUT2D eigenvalue weighted by Gasteiger charge is 2.18. The van der Waals surface area contributed by atoms with Crippen LogP contribution in [-0.2, 0) is 11.2 Å². The molecule has 5 nitrogen and oxygen atoms in total. The molecule has 0 bridgehead atoms. The van der Waals surface area contributed by atoms with Crippen molar-refractivity contribution in [3.63, 3.8) is 0 Å². The number of anilines is 1. The topological polar surface area (TPSA) is 62.6 Å². The van der Waals surface area contributed by atoms with Gasteiger partial charge in [-0.1, -0.05) is 17.7 Å². The Labute approximate surface area is 138 Å². The number of hydrogen-bond acceptors (Lipinski definition) is 4. The maximum absolute atomic E-state index is 12.5. The van der Waals surface area contributed by atoms with Crippen molar-refractivity contribution < 1.29 is 14.3 Å². The molecule has 0 aliphatic carbocycles. The van der Waals surface area contributed by atoms with Gasteiger partial charge in [0.05, 0.1) is 17.7 Å². The molecule has 0 saturated heterocycles. The minimum absolute atomic E-state index is 0.150. The number of rotatable bonds is 3. The molecule has 1 amide bonds. The van der Waals surface area contributed by atoms with Crippen LogP contribution in [0.3, 0.4) is 0 Å². The van der Waals surface area contributed by atoms with Gasteiger partial charge in [-0.3, -0.25) is 4.79 Å². The number of carbonyl (C=O) groups is 1. The van der Waals surface area contributed by atoms with Gasteiger partial charge in [-0.15, -0.1) is 0 Å². The summed E-state index contributed by atoms with van der Waals surface area (Å²) in [7, 11) is 1.63. The van der Waals surface area contributed by atoms with E-state index < -0.39 is 0 Å². The molecule has 0 aromatic heterocycles. The van der Waals surface area contributed by atoms with Crippen LogP contribution in [0.5, 0.6) is 11.5 Å². The molecular formula is C17H13ClN2O3. The van der Waals surface area contributed by atoms with E-state index in [1.165, 1.54) is 4.90 Å². The zero-order valence-electron chi connectivity index (χ0n) is 12.4. The van der Waals surface area contributed by atoms with Crippen LogP contribution < -0.4 is 14.4 Å². The van der Waals surface area contributed by atoms with Crippen molar-refractivity contribution in [1.82, 2.24) is 0 Å². The molecule has 6 heteroatoms. The normalized spacial score (nSPS) is 11.9. The van der Waals surface area contributed by atoms with Crippen molar-refractivity contribution in [1.29, 1.82) is 5.26 Å². The highest BCUT2D eigenvalue weighted by molar-refractivity contribution is 6.31. The Balaban J connectivity index is 1.81. The van der Waals surface area contributed by atoms with Gasteiger partial charge in [-0.25, -0.2) is 0 Å². The largest absolute Gasteiger partial charge is 0.454 e. The summed E-state index contributed by atoms with van der Waals surface area (Å²) >= 11 is 5.97. The molecule has 0 saturated carbocycles. The lowest BCUT2D eigenvalue weighted by molar-refractivity contribution is -0.117. The molecule has 0 spiro atoms. The smallest absolute Gasteiger partial charge is 0.231 e. The van der Waals surface area contributed by atoms with E-state index >= 15 is 0 Å². The van der Waals surface area contributed by atoms with Crippen LogP contribution in [0.15, 0.2) is 36.4 Å². The lowest BCUT2D eigenvalue weighted by Crippen LogP contribution is -2.28. The molecule has 1 aliphatic heterocycles. The van der Waals surface area contributed by atoms with Crippen molar-refractivity contribution in [3.8, 4) is 17.6 Å². The molecule has 0 radical (unpaired) electrons. The first-order valence-electron chi connectivity index (χ1n) is 6.93. The van der Waals surface area contributed by atoms with Crippen molar-refractivity contribution in [3.05, 3.63) is 52.5 Å². The number of nitriles is 1. The van der Waals surface area contributed by atoms with Gasteiger partial charge in [0, 0.05) is 12.1 Å². The van der Waals surface area contributed by atoms with Gasteiger partial charge in [-0.05, 0) is 35.9 Å². The fraction of sp³-hybridized carbons (Fsp3) is 0.176. The highest BCUT2D eigenvalue weighted by Crippen LogP contribution is 2.33. The van der Waals surface area contributed by atoms with Gasteiger partial charge < -0.3 is 14.4 Å². The third-order valence-corrected chi connectivity index (χ3v) is 3.84. The summed E-state index contributed by atoms with van der Waals surface area (Å²) in [6.45, 7) is 0.195. The SMILES string of the molecule is CN(C(=O)Cc1ccc2c(c1)OCO2)c1cc(Cl)ccc1C#N. The minimum Gasteiger partial charge on any atom is -0.454 e. The fourth-order valence-electron chi connectivity index (χ4n) is 2.36. The van der Waals surface area contributed by atoms with Crippen LogP contribution in [0.25, 0.3) is 0 Å². The van der Waals surface area contributed by atoms with E-state index in [-0.39, 0.29) is 19.1 Å². The summed E-state index contributed by atoms with van der Waals surface area (Å²) in [6.07, 6.45) is 0.185. The lowest BCUT2D eigenvalue weighted by atomic mass is 10.1. The van der Waals surface area contributed by atoms with Gasteiger partial charge in [0.2, 0.25) is 12.7 Å². The van der Waals surface area contributed by atoms with E-state index in [1.807, 2.05) is 6.07 Å². The van der Waals surface area contributed by atoms with Crippen LogP contribution in [0.2, 0.25) is 5.02 Å². The zero-order valence-corrected chi connectivity index (χ0v) is 13.1. The first-order chi connectivity index (χ1) is 11.1. The fourth-order valence-corrected chi connectivity index (χ4v) is 2.52. The van der Waals surface area contributed by atoms with E-state index in [0.717, 1.165) is 5.56 Å². The average Bonchev–Trinajstić information content (AvgIpc) is 3.01. The molecule has 0 fully saturated rings. The molecule has 2 aromatic rings. The zero-order chi connectivity index (χ0) is 16.4. The van der Waals surface area contributed by atoms with E-state index in [2.05, 4.69) is 6.07 Å². The van der Waals surface area contributed by atoms with Crippen molar-refractivity contribution in [2.75, 3.05) is 18.7 Å². The van der Waals surface area contributed by atoms with Gasteiger partial charge in [0.1, 0.15) is 6.07 Å². The Bertz CT molecular complexity index is 814. The monoisotopic (exact) mass is 328 g/mol. The first-order valence-corrected chi connectivity index (χ1v) is 7.31. The van der Waals surface area contributed by atoms with Crippen LogP contribution in [0, 0.1) is 11.3 Å². The molecule has 116 valence electrons. The molecule has 0 N–H and O–H groups in total. The lowest BCUT2D eigenvalue weighted by Gasteiger charge is -2.19. The number of hydrogen-bond donors (Lipinski definition) is 0. The number of benzene rings is 2. The molecular weight excluding hydrogens is 316 g/mol. The highest BCUT2D eigenvalue weighted by atomic mass is 35.5.